The number of aryl methyl sites for hydroxylation is 2. The predicted molar refractivity (Wildman–Crippen MR) is 100 cm³/mol. The molecule has 0 bridgehead atoms. The number of esters is 1. The number of imide groups is 1. The molecule has 6 nitrogen and oxygen atoms in total. The Morgan fingerprint density at radius 2 is 1.64 bits per heavy atom. The van der Waals surface area contributed by atoms with Gasteiger partial charge in [-0.1, -0.05) is 24.3 Å². The van der Waals surface area contributed by atoms with Gasteiger partial charge in [0.15, 0.2) is 6.10 Å². The number of carbonyl (C=O) groups is 4. The number of hydrogen-bond acceptors (Lipinski definition) is 5. The molecule has 4 rings (SSSR count). The van der Waals surface area contributed by atoms with Crippen molar-refractivity contribution in [3.63, 3.8) is 0 Å². The van der Waals surface area contributed by atoms with Crippen LogP contribution in [-0.2, 0) is 22.4 Å². The first kappa shape index (κ1) is 18.1. The summed E-state index contributed by atoms with van der Waals surface area (Å²) in [4.78, 5) is 50.3. The van der Waals surface area contributed by atoms with Crippen LogP contribution in [-0.4, -0.2) is 41.1 Å². The minimum absolute atomic E-state index is 0.266. The van der Waals surface area contributed by atoms with Gasteiger partial charge in [0.2, 0.25) is 5.78 Å². The van der Waals surface area contributed by atoms with Crippen LogP contribution < -0.4 is 0 Å². The number of carbonyl (C=O) groups excluding carboxylic acids is 4. The van der Waals surface area contributed by atoms with E-state index in [0.717, 1.165) is 29.7 Å². The number of ether oxygens (including phenoxy) is 1. The smallest absolute Gasteiger partial charge is 0.326 e. The maximum atomic E-state index is 12.6. The van der Waals surface area contributed by atoms with E-state index in [9.17, 15) is 19.2 Å². The van der Waals surface area contributed by atoms with Crippen molar-refractivity contribution < 1.29 is 23.9 Å². The molecule has 2 aliphatic rings. The van der Waals surface area contributed by atoms with Gasteiger partial charge in [-0.2, -0.15) is 0 Å². The summed E-state index contributed by atoms with van der Waals surface area (Å²) in [5, 5.41) is 0. The third-order valence-electron chi connectivity index (χ3n) is 5.23. The number of benzene rings is 2. The minimum atomic E-state index is -0.998. The van der Waals surface area contributed by atoms with Crippen LogP contribution in [0.25, 0.3) is 0 Å². The van der Waals surface area contributed by atoms with Gasteiger partial charge in [-0.3, -0.25) is 24.1 Å². The van der Waals surface area contributed by atoms with E-state index in [1.54, 1.807) is 30.3 Å². The van der Waals surface area contributed by atoms with E-state index >= 15 is 0 Å². The van der Waals surface area contributed by atoms with Gasteiger partial charge < -0.3 is 4.74 Å². The van der Waals surface area contributed by atoms with E-state index in [0.29, 0.717) is 5.56 Å². The van der Waals surface area contributed by atoms with Gasteiger partial charge in [-0.25, -0.2) is 0 Å². The zero-order chi connectivity index (χ0) is 19.8. The van der Waals surface area contributed by atoms with Gasteiger partial charge in [0.05, 0.1) is 11.1 Å². The molecule has 0 unspecified atom stereocenters. The Bertz CT molecular complexity index is 975. The number of fused-ring (bicyclic) bond motifs is 2. The number of hydrogen-bond donors (Lipinski definition) is 0. The highest BCUT2D eigenvalue weighted by Crippen LogP contribution is 2.24. The Hall–Kier alpha value is -3.28. The van der Waals surface area contributed by atoms with Crippen LogP contribution in [0.4, 0.5) is 0 Å². The molecule has 142 valence electrons. The second kappa shape index (κ2) is 7.03. The summed E-state index contributed by atoms with van der Waals surface area (Å²) >= 11 is 0. The van der Waals surface area contributed by atoms with E-state index in [-0.39, 0.29) is 16.9 Å². The lowest BCUT2D eigenvalue weighted by molar-refractivity contribution is -0.146. The van der Waals surface area contributed by atoms with Crippen molar-refractivity contribution in [2.75, 3.05) is 6.54 Å². The third kappa shape index (κ3) is 3.11. The Morgan fingerprint density at radius 1 is 1.00 bits per heavy atom. The van der Waals surface area contributed by atoms with Crippen LogP contribution in [0.2, 0.25) is 0 Å². The molecule has 0 spiro atoms. The molecular weight excluding hydrogens is 358 g/mol. The molecule has 0 radical (unpaired) electrons. The van der Waals surface area contributed by atoms with E-state index in [4.69, 9.17) is 4.74 Å². The Kier molecular flexibility index (Phi) is 4.55. The summed E-state index contributed by atoms with van der Waals surface area (Å²) in [6, 6.07) is 12.0. The molecule has 2 aromatic rings. The van der Waals surface area contributed by atoms with Gasteiger partial charge >= 0.3 is 5.97 Å². The molecule has 1 aliphatic carbocycles. The molecule has 0 fully saturated rings. The van der Waals surface area contributed by atoms with Crippen molar-refractivity contribution in [2.45, 2.75) is 32.3 Å². The summed E-state index contributed by atoms with van der Waals surface area (Å²) in [5.41, 5.74) is 3.45. The zero-order valence-electron chi connectivity index (χ0n) is 15.4. The van der Waals surface area contributed by atoms with E-state index in [2.05, 4.69) is 0 Å². The molecule has 28 heavy (non-hydrogen) atoms. The van der Waals surface area contributed by atoms with E-state index < -0.39 is 30.4 Å². The third-order valence-corrected chi connectivity index (χ3v) is 5.23. The Morgan fingerprint density at radius 3 is 2.32 bits per heavy atom. The Labute approximate surface area is 162 Å². The summed E-state index contributed by atoms with van der Waals surface area (Å²) in [5.74, 6) is -2.16. The molecule has 1 aliphatic heterocycles. The van der Waals surface area contributed by atoms with Crippen LogP contribution in [0, 0.1) is 0 Å². The van der Waals surface area contributed by atoms with Crippen molar-refractivity contribution in [2.24, 2.45) is 0 Å². The number of rotatable bonds is 5. The SMILES string of the molecule is C[C@H](OC(=O)CN1C(=O)c2ccccc2C1=O)C(=O)c1ccc2c(c1)CCC2. The molecule has 2 amide bonds. The van der Waals surface area contributed by atoms with E-state index in [1.165, 1.54) is 12.5 Å². The van der Waals surface area contributed by atoms with Gasteiger partial charge in [-0.15, -0.1) is 0 Å². The first-order valence-electron chi connectivity index (χ1n) is 9.26. The van der Waals surface area contributed by atoms with Gasteiger partial charge in [0.1, 0.15) is 6.54 Å². The Balaban J connectivity index is 1.41. The predicted octanol–water partition coefficient (Wildman–Crippen LogP) is 2.59. The topological polar surface area (TPSA) is 80.8 Å². The normalized spacial score (nSPS) is 16.0. The summed E-state index contributed by atoms with van der Waals surface area (Å²) in [6.07, 6.45) is 2.05. The number of amides is 2. The average molecular weight is 377 g/mol. The largest absolute Gasteiger partial charge is 0.453 e. The van der Waals surface area contributed by atoms with Crippen molar-refractivity contribution in [1.29, 1.82) is 0 Å². The molecule has 0 saturated heterocycles. The molecule has 0 N–H and O–H groups in total. The van der Waals surface area contributed by atoms with Crippen LogP contribution >= 0.6 is 0 Å². The lowest BCUT2D eigenvalue weighted by Crippen LogP contribution is -2.37. The van der Waals surface area contributed by atoms with Crippen LogP contribution in [0.3, 0.4) is 0 Å². The second-order valence-corrected chi connectivity index (χ2v) is 7.08. The molecule has 2 aromatic carbocycles. The quantitative estimate of drug-likeness (QED) is 0.455. The average Bonchev–Trinajstić information content (AvgIpc) is 3.26. The highest BCUT2D eigenvalue weighted by Gasteiger charge is 2.37. The summed E-state index contributed by atoms with van der Waals surface area (Å²) in [6.45, 7) is 0.976. The molecular formula is C22H19NO5. The highest BCUT2D eigenvalue weighted by atomic mass is 16.5. The molecule has 0 aromatic heterocycles. The maximum Gasteiger partial charge on any atom is 0.326 e. The maximum absolute atomic E-state index is 12.6. The van der Waals surface area contributed by atoms with Crippen LogP contribution in [0.1, 0.15) is 55.5 Å². The number of nitrogens with zero attached hydrogens (tertiary/aromatic N) is 1. The van der Waals surface area contributed by atoms with Gasteiger partial charge in [0.25, 0.3) is 11.8 Å². The monoisotopic (exact) mass is 377 g/mol. The lowest BCUT2D eigenvalue weighted by Gasteiger charge is -2.16. The molecule has 1 heterocycles. The van der Waals surface area contributed by atoms with E-state index in [1.807, 2.05) is 12.1 Å². The van der Waals surface area contributed by atoms with Crippen molar-refractivity contribution in [3.05, 3.63) is 70.3 Å². The number of ketones is 1. The molecule has 6 heteroatoms. The van der Waals surface area contributed by atoms with Gasteiger partial charge in [0, 0.05) is 5.56 Å². The second-order valence-electron chi connectivity index (χ2n) is 7.08. The van der Waals surface area contributed by atoms with Crippen molar-refractivity contribution in [3.8, 4) is 0 Å². The fourth-order valence-corrected chi connectivity index (χ4v) is 3.76. The molecule has 1 atom stereocenters. The summed E-state index contributed by atoms with van der Waals surface area (Å²) in [7, 11) is 0. The van der Waals surface area contributed by atoms with Crippen LogP contribution in [0.15, 0.2) is 42.5 Å². The highest BCUT2D eigenvalue weighted by molar-refractivity contribution is 6.22. The zero-order valence-corrected chi connectivity index (χ0v) is 15.4. The van der Waals surface area contributed by atoms with Crippen LogP contribution in [0.5, 0.6) is 0 Å². The minimum Gasteiger partial charge on any atom is -0.453 e. The molecule has 0 saturated carbocycles. The van der Waals surface area contributed by atoms with Gasteiger partial charge in [-0.05, 0) is 55.5 Å². The first-order valence-corrected chi connectivity index (χ1v) is 9.26. The fourth-order valence-electron chi connectivity index (χ4n) is 3.76. The summed E-state index contributed by atoms with van der Waals surface area (Å²) < 4.78 is 5.21. The fraction of sp³-hybridized carbons (Fsp3) is 0.273. The standard InChI is InChI=1S/C22H19NO5/c1-13(20(25)16-10-9-14-5-4-6-15(14)11-16)28-19(24)12-23-21(26)17-7-2-3-8-18(17)22(23)27/h2-3,7-11,13H,4-6,12H2,1H3/t13-/m0/s1. The number of Topliss-reactive ketones (excluding diaryl/α,β-unsaturated/α-hetero) is 1. The first-order chi connectivity index (χ1) is 13.5. The van der Waals surface area contributed by atoms with Crippen molar-refractivity contribution in [1.82, 2.24) is 4.90 Å². The van der Waals surface area contributed by atoms with Crippen molar-refractivity contribution >= 4 is 23.6 Å². The lowest BCUT2D eigenvalue weighted by atomic mass is 10.0.